The van der Waals surface area contributed by atoms with E-state index in [-0.39, 0.29) is 45.8 Å². The van der Waals surface area contributed by atoms with Gasteiger partial charge in [-0.1, -0.05) is 0 Å². The Morgan fingerprint density at radius 1 is 0.564 bits per heavy atom. The van der Waals surface area contributed by atoms with Crippen LogP contribution in [-0.2, 0) is 79.2 Å². The summed E-state index contributed by atoms with van der Waals surface area (Å²) in [5, 5.41) is 40.3. The summed E-state index contributed by atoms with van der Waals surface area (Å²) in [6.07, 6.45) is 0. The largest absolute Gasteiger partial charge is 0.505 e. The van der Waals surface area contributed by atoms with Crippen LogP contribution in [0.4, 0.5) is 45.5 Å². The molecule has 0 unspecified atom stereocenters. The van der Waals surface area contributed by atoms with Gasteiger partial charge < -0.3 is 15.8 Å². The number of nitrogens with two attached hydrogens (primary N) is 1. The number of halogens is 1. The molecule has 0 saturated heterocycles. The molecule has 43 heteroatoms. The molecule has 1 heterocycles. The van der Waals surface area contributed by atoms with E-state index in [4.69, 9.17) is 31.8 Å². The molecule has 0 spiro atoms. The van der Waals surface area contributed by atoms with Crippen LogP contribution < -0.4 is 17.0 Å². The van der Waals surface area contributed by atoms with Gasteiger partial charge in [0.05, 0.1) is 62.6 Å². The number of hydrogen-bond donors (Lipinski definition) is 10. The minimum atomic E-state index is -5.58. The maximum Gasteiger partial charge on any atom is 0.397 e. The van der Waals surface area contributed by atoms with Gasteiger partial charge in [0.25, 0.3) is 30.4 Å². The third kappa shape index (κ3) is 16.3. The zero-order valence-corrected chi connectivity index (χ0v) is 46.8. The van der Waals surface area contributed by atoms with Crippen molar-refractivity contribution in [1.82, 2.24) is 15.0 Å². The Kier molecular flexibility index (Phi) is 19.2. The Hall–Kier alpha value is -5.97. The Bertz CT molecular complexity index is 4450. The Morgan fingerprint density at radius 3 is 1.45 bits per heavy atom. The number of benzene rings is 5. The third-order valence-electron chi connectivity index (χ3n) is 9.46. The van der Waals surface area contributed by atoms with E-state index in [2.05, 4.69) is 59.0 Å². The first-order chi connectivity index (χ1) is 35.4. The van der Waals surface area contributed by atoms with Gasteiger partial charge in [0.15, 0.2) is 25.4 Å². The van der Waals surface area contributed by atoms with E-state index in [1.807, 2.05) is 0 Å². The average molecular weight is 1250 g/mol. The monoisotopic (exact) mass is 1250 g/mol. The van der Waals surface area contributed by atoms with Gasteiger partial charge in [-0.2, -0.15) is 57.3 Å². The standard InChI is InChI=1S/C35H31ClN12O22S7.Na/c36-33-40-34(38)42-35(41-33)39-22-15-24(25(73(54,55)56)16-23(22)45-43-18-1-5-20(6-2-18)71(50,51)11-9-69-76(63,64)65)46-48-31-27(75(60,61)62)14-17-13-26(74(57,58)59)30(29(37)28(17)32(31)49)47-44-19-3-7-21(8-4-19)72(52,53)12-10-70-77(66,67)68;/h1-8,13-16,49H,9-12,37H2,(H,54,55,56)(H,57,58,59)(H,60,61,62)(H,63,64,65)(H,66,67,68)(H3,38,39,40,41,42);. The molecule has 0 aliphatic heterocycles. The number of phenolic OH excluding ortho intramolecular Hbond substituents is 1. The number of rotatable bonds is 20. The van der Waals surface area contributed by atoms with Crippen molar-refractivity contribution in [3.8, 4) is 5.75 Å². The van der Waals surface area contributed by atoms with E-state index < -0.39 is 182 Å². The summed E-state index contributed by atoms with van der Waals surface area (Å²) >= 11 is 5.93. The minimum absolute atomic E-state index is 0. The molecule has 34 nitrogen and oxygen atoms in total. The number of aromatic amines is 2. The number of azo groups is 3. The second-order valence-electron chi connectivity index (χ2n) is 14.7. The molecular weight excluding hydrogens is 1220 g/mol. The molecule has 0 atom stereocenters. The van der Waals surface area contributed by atoms with Crippen molar-refractivity contribution < 1.29 is 95.2 Å². The molecule has 6 rings (SSSR count). The van der Waals surface area contributed by atoms with Crippen molar-refractivity contribution in [2.75, 3.05) is 30.5 Å². The zero-order valence-electron chi connectivity index (χ0n) is 38.4. The van der Waals surface area contributed by atoms with Gasteiger partial charge in [0.1, 0.15) is 37.4 Å². The fourth-order valence-corrected chi connectivity index (χ4v) is 11.3. The molecule has 1 aromatic heterocycles. The zero-order chi connectivity index (χ0) is 57.3. The van der Waals surface area contributed by atoms with Gasteiger partial charge in [-0.3, -0.25) is 33.2 Å². The topological polar surface area (TPSA) is 560 Å². The molecule has 0 aliphatic rings. The number of nitrogens with one attached hydrogen (secondary N) is 3. The van der Waals surface area contributed by atoms with Crippen LogP contribution in [0.5, 0.6) is 5.75 Å². The summed E-state index contributed by atoms with van der Waals surface area (Å²) in [4.78, 5) is 7.97. The summed E-state index contributed by atoms with van der Waals surface area (Å²) in [7, 11) is -34.8. The number of aromatic hydroxyl groups is 1. The second-order valence-corrected chi connectivity index (χ2v) is 25.7. The van der Waals surface area contributed by atoms with E-state index in [0.29, 0.717) is 24.3 Å². The molecule has 0 amide bonds. The molecule has 0 saturated carbocycles. The predicted octanol–water partition coefficient (Wildman–Crippen LogP) is 3.34. The Balaban J connectivity index is 0.0000112. The van der Waals surface area contributed by atoms with Crippen LogP contribution in [0.3, 0.4) is 0 Å². The number of phenols is 1. The first-order valence-corrected chi connectivity index (χ1v) is 30.5. The first-order valence-electron chi connectivity index (χ1n) is 19.7. The van der Waals surface area contributed by atoms with Crippen molar-refractivity contribution >= 4 is 168 Å². The number of hydrogen-bond acceptors (Lipinski definition) is 27. The molecule has 1 radical (unpaired) electrons. The molecule has 0 fully saturated rings. The Labute approximate surface area is 465 Å². The second kappa shape index (κ2) is 23.8. The summed E-state index contributed by atoms with van der Waals surface area (Å²) in [6.45, 7) is -1.90. The van der Waals surface area contributed by atoms with Crippen LogP contribution in [0, 0.1) is 5.41 Å². The average Bonchev–Trinajstić information content (AvgIpc) is 3.30. The number of H-pyrrole nitrogens is 2. The molecule has 78 heavy (non-hydrogen) atoms. The Morgan fingerprint density at radius 2 is 1.00 bits per heavy atom. The van der Waals surface area contributed by atoms with E-state index in [1.165, 1.54) is 0 Å². The number of nitrogen functional groups attached to an aromatic ring is 1. The summed E-state index contributed by atoms with van der Waals surface area (Å²) in [6, 6.07) is 10.4. The number of fused-ring (bicyclic) bond motifs is 1. The van der Waals surface area contributed by atoms with Gasteiger partial charge >= 0.3 is 20.8 Å². The van der Waals surface area contributed by atoms with E-state index in [1.54, 1.807) is 0 Å². The molecule has 5 aromatic carbocycles. The number of aromatic nitrogens is 3. The maximum atomic E-state index is 12.9. The van der Waals surface area contributed by atoms with Crippen molar-refractivity contribution in [2.24, 2.45) is 35.7 Å². The van der Waals surface area contributed by atoms with Crippen LogP contribution in [0.1, 0.15) is 0 Å². The third-order valence-corrected chi connectivity index (χ3v) is 16.6. The molecular formula is C35H31ClN12NaO22S7. The SMILES string of the molecule is N=c1nc(Cl)[nH]c(=Nc2cc(N=Nc3c(S(=O)(=O)O)cc4cc(S(=O)(=O)O)c(N=Nc5ccc(S(=O)(=O)CCOS(=O)(=O)O)cc5)c(N)c4c3O)c(S(=O)(=O)O)cc2N=Nc2ccc(S(=O)(=O)CCOS(=O)(=O)O)cc2)[nH]1.[Na]. The van der Waals surface area contributed by atoms with Crippen molar-refractivity contribution in [3.63, 3.8) is 0 Å². The number of anilines is 1. The van der Waals surface area contributed by atoms with Crippen molar-refractivity contribution in [2.45, 2.75) is 24.5 Å². The molecule has 413 valence electrons. The van der Waals surface area contributed by atoms with E-state index in [0.717, 1.165) is 48.5 Å². The van der Waals surface area contributed by atoms with Gasteiger partial charge in [-0.15, -0.1) is 20.5 Å². The van der Waals surface area contributed by atoms with Crippen LogP contribution in [0.15, 0.2) is 133 Å². The number of nitrogens with zero attached hydrogens (tertiary/aromatic N) is 8. The molecule has 0 bridgehead atoms. The van der Waals surface area contributed by atoms with Crippen LogP contribution >= 0.6 is 11.6 Å². The van der Waals surface area contributed by atoms with E-state index >= 15 is 0 Å². The quantitative estimate of drug-likeness (QED) is 0.0227. The fourth-order valence-electron chi connectivity index (χ4n) is 6.17. The van der Waals surface area contributed by atoms with Gasteiger partial charge in [-0.25, -0.2) is 30.2 Å². The smallest absolute Gasteiger partial charge is 0.397 e. The van der Waals surface area contributed by atoms with Crippen LogP contribution in [0.2, 0.25) is 5.28 Å². The number of sulfone groups is 2. The first kappa shape index (κ1) is 62.9. The van der Waals surface area contributed by atoms with Gasteiger partial charge in [-0.05, 0) is 89.8 Å². The predicted molar refractivity (Wildman–Crippen MR) is 265 cm³/mol. The fraction of sp³-hybridized carbons (Fsp3) is 0.114. The van der Waals surface area contributed by atoms with Gasteiger partial charge in [0, 0.05) is 29.6 Å². The van der Waals surface area contributed by atoms with E-state index in [9.17, 15) is 77.7 Å². The molecule has 11 N–H and O–H groups in total. The summed E-state index contributed by atoms with van der Waals surface area (Å²) < 4.78 is 227. The van der Waals surface area contributed by atoms with Crippen LogP contribution in [-0.4, -0.2) is 156 Å². The molecule has 0 aliphatic carbocycles. The summed E-state index contributed by atoms with van der Waals surface area (Å²) in [5.74, 6) is -3.16. The minimum Gasteiger partial charge on any atom is -0.505 e. The van der Waals surface area contributed by atoms with Crippen LogP contribution in [0.25, 0.3) is 10.8 Å². The summed E-state index contributed by atoms with van der Waals surface area (Å²) in [5.41, 5.74) is -0.240. The molecule has 6 aromatic rings. The van der Waals surface area contributed by atoms with Crippen molar-refractivity contribution in [3.05, 3.63) is 89.3 Å². The van der Waals surface area contributed by atoms with Crippen molar-refractivity contribution in [1.29, 1.82) is 5.41 Å². The normalized spacial score (nSPS) is 13.5. The van der Waals surface area contributed by atoms with Gasteiger partial charge in [0.2, 0.25) is 16.5 Å². The maximum absolute atomic E-state index is 12.9.